The van der Waals surface area contributed by atoms with Gasteiger partial charge in [0.1, 0.15) is 0 Å². The van der Waals surface area contributed by atoms with Crippen LogP contribution in [0, 0.1) is 11.3 Å². The molecule has 0 fully saturated rings. The van der Waals surface area contributed by atoms with Gasteiger partial charge in [0.25, 0.3) is 5.91 Å². The number of carbonyl (C=O) groups is 1. The predicted octanol–water partition coefficient (Wildman–Crippen LogP) is 4.02. The molecule has 0 N–H and O–H groups in total. The molecule has 136 valence electrons. The van der Waals surface area contributed by atoms with Gasteiger partial charge < -0.3 is 14.4 Å². The molecule has 0 saturated carbocycles. The fourth-order valence-corrected chi connectivity index (χ4v) is 2.50. The third-order valence-electron chi connectivity index (χ3n) is 4.02. The van der Waals surface area contributed by atoms with Crippen LogP contribution in [0.25, 0.3) is 0 Å². The summed E-state index contributed by atoms with van der Waals surface area (Å²) >= 11 is 0. The number of benzene rings is 2. The zero-order valence-electron chi connectivity index (χ0n) is 15.5. The molecule has 0 atom stereocenters. The fourth-order valence-electron chi connectivity index (χ4n) is 2.50. The lowest BCUT2D eigenvalue weighted by molar-refractivity contribution is 0.0784. The Bertz CT molecular complexity index is 779. The highest BCUT2D eigenvalue weighted by Crippen LogP contribution is 2.28. The van der Waals surface area contributed by atoms with Crippen LogP contribution in [-0.4, -0.2) is 31.6 Å². The Morgan fingerprint density at radius 2 is 1.88 bits per heavy atom. The Morgan fingerprint density at radius 3 is 2.50 bits per heavy atom. The van der Waals surface area contributed by atoms with Crippen LogP contribution in [0.15, 0.2) is 42.5 Å². The summed E-state index contributed by atoms with van der Waals surface area (Å²) in [7, 11) is 3.31. The molecule has 0 aliphatic heterocycles. The standard InChI is InChI=1S/C21H24N2O3/c1-4-5-12-26-19-11-10-18(13-20(19)25-3)21(24)23(2)15-17-8-6-16(14-22)7-9-17/h6-11,13H,4-5,12,15H2,1-3H3. The molecule has 0 aliphatic rings. The zero-order chi connectivity index (χ0) is 18.9. The Hall–Kier alpha value is -3.00. The van der Waals surface area contributed by atoms with E-state index < -0.39 is 0 Å². The highest BCUT2D eigenvalue weighted by molar-refractivity contribution is 5.94. The van der Waals surface area contributed by atoms with Crippen LogP contribution in [-0.2, 0) is 6.54 Å². The van der Waals surface area contributed by atoms with E-state index in [9.17, 15) is 4.79 Å². The SMILES string of the molecule is CCCCOc1ccc(C(=O)N(C)Cc2ccc(C#N)cc2)cc1OC. The number of hydrogen-bond donors (Lipinski definition) is 0. The summed E-state index contributed by atoms with van der Waals surface area (Å²) < 4.78 is 11.1. The number of nitriles is 1. The van der Waals surface area contributed by atoms with Crippen molar-refractivity contribution in [3.8, 4) is 17.6 Å². The molecule has 26 heavy (non-hydrogen) atoms. The minimum Gasteiger partial charge on any atom is -0.493 e. The first-order chi connectivity index (χ1) is 12.6. The first-order valence-electron chi connectivity index (χ1n) is 8.64. The van der Waals surface area contributed by atoms with Crippen molar-refractivity contribution in [3.05, 3.63) is 59.2 Å². The minimum absolute atomic E-state index is 0.104. The van der Waals surface area contributed by atoms with E-state index in [1.54, 1.807) is 49.4 Å². The van der Waals surface area contributed by atoms with E-state index in [0.717, 1.165) is 18.4 Å². The summed E-state index contributed by atoms with van der Waals surface area (Å²) in [6, 6.07) is 14.5. The Kier molecular flexibility index (Phi) is 7.04. The number of ether oxygens (including phenoxy) is 2. The maximum atomic E-state index is 12.7. The van der Waals surface area contributed by atoms with Crippen molar-refractivity contribution < 1.29 is 14.3 Å². The van der Waals surface area contributed by atoms with Crippen molar-refractivity contribution in [2.24, 2.45) is 0 Å². The molecule has 5 heteroatoms. The number of amides is 1. The molecule has 1 amide bonds. The number of methoxy groups -OCH3 is 1. The van der Waals surface area contributed by atoms with E-state index in [2.05, 4.69) is 13.0 Å². The van der Waals surface area contributed by atoms with Crippen molar-refractivity contribution in [1.82, 2.24) is 4.90 Å². The highest BCUT2D eigenvalue weighted by Gasteiger charge is 2.15. The minimum atomic E-state index is -0.104. The van der Waals surface area contributed by atoms with Crippen LogP contribution in [0.3, 0.4) is 0 Å². The number of carbonyl (C=O) groups excluding carboxylic acids is 1. The van der Waals surface area contributed by atoms with Crippen LogP contribution >= 0.6 is 0 Å². The second kappa shape index (κ2) is 9.47. The van der Waals surface area contributed by atoms with Gasteiger partial charge in [-0.3, -0.25) is 4.79 Å². The van der Waals surface area contributed by atoms with Crippen LogP contribution < -0.4 is 9.47 Å². The Morgan fingerprint density at radius 1 is 1.15 bits per heavy atom. The lowest BCUT2D eigenvalue weighted by Crippen LogP contribution is -2.26. The largest absolute Gasteiger partial charge is 0.493 e. The molecule has 0 heterocycles. The molecule has 2 aromatic carbocycles. The van der Waals surface area contributed by atoms with Gasteiger partial charge in [-0.1, -0.05) is 25.5 Å². The van der Waals surface area contributed by atoms with E-state index in [4.69, 9.17) is 14.7 Å². The van der Waals surface area contributed by atoms with Gasteiger partial charge in [-0.15, -0.1) is 0 Å². The molecule has 5 nitrogen and oxygen atoms in total. The molecule has 0 bridgehead atoms. The van der Waals surface area contributed by atoms with Crippen molar-refractivity contribution in [2.75, 3.05) is 20.8 Å². The number of unbranched alkanes of at least 4 members (excludes halogenated alkanes) is 1. The lowest BCUT2D eigenvalue weighted by Gasteiger charge is -2.18. The number of rotatable bonds is 8. The third kappa shape index (κ3) is 5.00. The van der Waals surface area contributed by atoms with Crippen LogP contribution in [0.5, 0.6) is 11.5 Å². The normalized spacial score (nSPS) is 10.1. The van der Waals surface area contributed by atoms with Gasteiger partial charge in [0.15, 0.2) is 11.5 Å². The summed E-state index contributed by atoms with van der Waals surface area (Å²) in [6.45, 7) is 3.19. The van der Waals surface area contributed by atoms with E-state index in [1.807, 2.05) is 12.1 Å². The first-order valence-corrected chi connectivity index (χ1v) is 8.64. The third-order valence-corrected chi connectivity index (χ3v) is 4.02. The summed E-state index contributed by atoms with van der Waals surface area (Å²) in [5.74, 6) is 1.10. The molecule has 0 aliphatic carbocycles. The first kappa shape index (κ1) is 19.3. The highest BCUT2D eigenvalue weighted by atomic mass is 16.5. The smallest absolute Gasteiger partial charge is 0.254 e. The summed E-state index contributed by atoms with van der Waals surface area (Å²) in [5, 5.41) is 8.85. The Labute approximate surface area is 154 Å². The van der Waals surface area contributed by atoms with Gasteiger partial charge in [-0.05, 0) is 42.3 Å². The van der Waals surface area contributed by atoms with E-state index in [0.29, 0.717) is 35.8 Å². The van der Waals surface area contributed by atoms with Gasteiger partial charge in [0.05, 0.1) is 25.3 Å². The van der Waals surface area contributed by atoms with Gasteiger partial charge in [-0.2, -0.15) is 5.26 Å². The van der Waals surface area contributed by atoms with Crippen molar-refractivity contribution in [1.29, 1.82) is 5.26 Å². The predicted molar refractivity (Wildman–Crippen MR) is 100 cm³/mol. The zero-order valence-corrected chi connectivity index (χ0v) is 15.5. The average Bonchev–Trinajstić information content (AvgIpc) is 2.68. The average molecular weight is 352 g/mol. The fraction of sp³-hybridized carbons (Fsp3) is 0.333. The van der Waals surface area contributed by atoms with E-state index in [-0.39, 0.29) is 5.91 Å². The number of nitrogens with zero attached hydrogens (tertiary/aromatic N) is 2. The second-order valence-electron chi connectivity index (χ2n) is 6.04. The maximum absolute atomic E-state index is 12.7. The second-order valence-corrected chi connectivity index (χ2v) is 6.04. The molecule has 0 spiro atoms. The molecule has 2 rings (SSSR count). The van der Waals surface area contributed by atoms with Gasteiger partial charge in [0.2, 0.25) is 0 Å². The van der Waals surface area contributed by atoms with Gasteiger partial charge >= 0.3 is 0 Å². The monoisotopic (exact) mass is 352 g/mol. The molecule has 0 radical (unpaired) electrons. The van der Waals surface area contributed by atoms with Crippen molar-refractivity contribution in [2.45, 2.75) is 26.3 Å². The lowest BCUT2D eigenvalue weighted by atomic mass is 10.1. The van der Waals surface area contributed by atoms with Crippen LogP contribution in [0.4, 0.5) is 0 Å². The molecule has 2 aromatic rings. The molecule has 0 saturated heterocycles. The topological polar surface area (TPSA) is 62.6 Å². The van der Waals surface area contributed by atoms with Crippen LogP contribution in [0.2, 0.25) is 0 Å². The number of hydrogen-bond acceptors (Lipinski definition) is 4. The maximum Gasteiger partial charge on any atom is 0.254 e. The molecule has 0 unspecified atom stereocenters. The molecular weight excluding hydrogens is 328 g/mol. The van der Waals surface area contributed by atoms with Gasteiger partial charge in [-0.25, -0.2) is 0 Å². The van der Waals surface area contributed by atoms with Gasteiger partial charge in [0, 0.05) is 19.2 Å². The van der Waals surface area contributed by atoms with Crippen molar-refractivity contribution >= 4 is 5.91 Å². The van der Waals surface area contributed by atoms with E-state index >= 15 is 0 Å². The summed E-state index contributed by atoms with van der Waals surface area (Å²) in [5.41, 5.74) is 2.11. The quantitative estimate of drug-likeness (QED) is 0.673. The summed E-state index contributed by atoms with van der Waals surface area (Å²) in [6.07, 6.45) is 2.02. The summed E-state index contributed by atoms with van der Waals surface area (Å²) in [4.78, 5) is 14.3. The van der Waals surface area contributed by atoms with Crippen LogP contribution in [0.1, 0.15) is 41.3 Å². The van der Waals surface area contributed by atoms with Crippen molar-refractivity contribution in [3.63, 3.8) is 0 Å². The Balaban J connectivity index is 2.08. The van der Waals surface area contributed by atoms with E-state index in [1.165, 1.54) is 0 Å². The molecular formula is C21H24N2O3. The molecule has 0 aromatic heterocycles.